The number of carbonyl (C=O) groups excluding carboxylic acids is 1. The third kappa shape index (κ3) is 3.30. The molecule has 0 spiro atoms. The first kappa shape index (κ1) is 16.6. The maximum absolute atomic E-state index is 13.5. The molecule has 0 unspecified atom stereocenters. The number of anilines is 2. The highest BCUT2D eigenvalue weighted by molar-refractivity contribution is 5.90. The largest absolute Gasteiger partial charge is 0.465 e. The molecule has 0 aliphatic carbocycles. The molecule has 0 saturated heterocycles. The van der Waals surface area contributed by atoms with Crippen LogP contribution in [0.2, 0.25) is 0 Å². The predicted molar refractivity (Wildman–Crippen MR) is 95.5 cm³/mol. The van der Waals surface area contributed by atoms with Crippen molar-refractivity contribution in [3.05, 3.63) is 66.1 Å². The molecular formula is C18H13FN6O2. The van der Waals surface area contributed by atoms with Gasteiger partial charge in [-0.1, -0.05) is 17.3 Å². The van der Waals surface area contributed by atoms with Crippen molar-refractivity contribution in [2.45, 2.75) is 0 Å². The normalized spacial score (nSPS) is 10.7. The van der Waals surface area contributed by atoms with Crippen LogP contribution in [0.25, 0.3) is 16.9 Å². The molecule has 9 heteroatoms. The van der Waals surface area contributed by atoms with E-state index in [0.717, 1.165) is 0 Å². The second-order valence-electron chi connectivity index (χ2n) is 5.58. The van der Waals surface area contributed by atoms with Gasteiger partial charge in [0.1, 0.15) is 5.82 Å². The van der Waals surface area contributed by atoms with Gasteiger partial charge in [0.2, 0.25) is 5.95 Å². The average molecular weight is 364 g/mol. The average Bonchev–Trinajstić information content (AvgIpc) is 3.11. The van der Waals surface area contributed by atoms with Gasteiger partial charge in [-0.25, -0.2) is 14.2 Å². The Hall–Kier alpha value is -3.88. The van der Waals surface area contributed by atoms with E-state index in [4.69, 9.17) is 4.74 Å². The van der Waals surface area contributed by atoms with E-state index in [1.54, 1.807) is 36.4 Å². The van der Waals surface area contributed by atoms with Crippen LogP contribution in [0.3, 0.4) is 0 Å². The Kier molecular flexibility index (Phi) is 4.17. The number of esters is 1. The van der Waals surface area contributed by atoms with Crippen molar-refractivity contribution in [3.8, 4) is 5.69 Å². The molecule has 2 aromatic heterocycles. The molecule has 1 N–H and O–H groups in total. The molecule has 0 aliphatic rings. The molecule has 0 amide bonds. The fourth-order valence-electron chi connectivity index (χ4n) is 2.54. The molecular weight excluding hydrogens is 351 g/mol. The smallest absolute Gasteiger partial charge is 0.337 e. The van der Waals surface area contributed by atoms with E-state index in [9.17, 15) is 9.18 Å². The molecule has 4 aromatic rings. The SMILES string of the molecule is COC(=O)c1cccc(Nc2ncc3nnn(-c4cccc(F)c4)c3n2)c1. The zero-order valence-corrected chi connectivity index (χ0v) is 14.1. The van der Waals surface area contributed by atoms with Gasteiger partial charge in [-0.15, -0.1) is 5.10 Å². The number of nitrogens with zero attached hydrogens (tertiary/aromatic N) is 5. The molecule has 0 radical (unpaired) electrons. The van der Waals surface area contributed by atoms with E-state index in [1.165, 1.54) is 30.1 Å². The standard InChI is InChI=1S/C18H13FN6O2/c1-27-17(26)11-4-2-6-13(8-11)21-18-20-10-15-16(22-18)25(24-23-15)14-7-3-5-12(19)9-14/h2-10H,1H3,(H,20,21,22). The monoisotopic (exact) mass is 364 g/mol. The number of hydrogen-bond acceptors (Lipinski definition) is 7. The van der Waals surface area contributed by atoms with E-state index in [0.29, 0.717) is 28.1 Å². The minimum Gasteiger partial charge on any atom is -0.465 e. The summed E-state index contributed by atoms with van der Waals surface area (Å²) in [6, 6.07) is 12.7. The van der Waals surface area contributed by atoms with Crippen LogP contribution in [0.5, 0.6) is 0 Å². The van der Waals surface area contributed by atoms with Gasteiger partial charge >= 0.3 is 5.97 Å². The number of hydrogen-bond donors (Lipinski definition) is 1. The second-order valence-corrected chi connectivity index (χ2v) is 5.58. The zero-order valence-electron chi connectivity index (χ0n) is 14.1. The first-order chi connectivity index (χ1) is 13.1. The Morgan fingerprint density at radius 2 is 2.04 bits per heavy atom. The third-order valence-electron chi connectivity index (χ3n) is 3.79. The molecule has 134 valence electrons. The Bertz CT molecular complexity index is 1140. The number of ether oxygens (including phenoxy) is 1. The summed E-state index contributed by atoms with van der Waals surface area (Å²) in [4.78, 5) is 20.3. The predicted octanol–water partition coefficient (Wildman–Crippen LogP) is 2.88. The summed E-state index contributed by atoms with van der Waals surface area (Å²) >= 11 is 0. The van der Waals surface area contributed by atoms with Gasteiger partial charge < -0.3 is 10.1 Å². The second kappa shape index (κ2) is 6.79. The highest BCUT2D eigenvalue weighted by Gasteiger charge is 2.12. The quantitative estimate of drug-likeness (QED) is 0.556. The fraction of sp³-hybridized carbons (Fsp3) is 0.0556. The van der Waals surface area contributed by atoms with Gasteiger partial charge in [0.05, 0.1) is 24.6 Å². The van der Waals surface area contributed by atoms with Gasteiger partial charge in [-0.05, 0) is 36.4 Å². The lowest BCUT2D eigenvalue weighted by atomic mass is 10.2. The maximum Gasteiger partial charge on any atom is 0.337 e. The number of nitrogens with one attached hydrogen (secondary N) is 1. The molecule has 2 heterocycles. The molecule has 4 rings (SSSR count). The zero-order chi connectivity index (χ0) is 18.8. The Labute approximate surface area is 152 Å². The lowest BCUT2D eigenvalue weighted by Crippen LogP contribution is -2.04. The third-order valence-corrected chi connectivity index (χ3v) is 3.79. The van der Waals surface area contributed by atoms with Crippen LogP contribution in [0.4, 0.5) is 16.0 Å². The molecule has 27 heavy (non-hydrogen) atoms. The van der Waals surface area contributed by atoms with Gasteiger partial charge in [-0.3, -0.25) is 0 Å². The molecule has 0 bridgehead atoms. The minimum absolute atomic E-state index is 0.282. The fourth-order valence-corrected chi connectivity index (χ4v) is 2.54. The lowest BCUT2D eigenvalue weighted by Gasteiger charge is -2.07. The van der Waals surface area contributed by atoms with Crippen LogP contribution in [0.15, 0.2) is 54.7 Å². The van der Waals surface area contributed by atoms with E-state index < -0.39 is 5.97 Å². The van der Waals surface area contributed by atoms with Gasteiger partial charge in [0.25, 0.3) is 0 Å². The van der Waals surface area contributed by atoms with Gasteiger partial charge in [0, 0.05) is 5.69 Å². The van der Waals surface area contributed by atoms with Crippen LogP contribution >= 0.6 is 0 Å². The lowest BCUT2D eigenvalue weighted by molar-refractivity contribution is 0.0601. The van der Waals surface area contributed by atoms with Gasteiger partial charge in [-0.2, -0.15) is 9.67 Å². The number of rotatable bonds is 4. The number of fused-ring (bicyclic) bond motifs is 1. The van der Waals surface area contributed by atoms with Crippen molar-refractivity contribution in [1.82, 2.24) is 25.0 Å². The highest BCUT2D eigenvalue weighted by atomic mass is 19.1. The van der Waals surface area contributed by atoms with Crippen LogP contribution in [-0.2, 0) is 4.74 Å². The molecule has 0 aliphatic heterocycles. The minimum atomic E-state index is -0.441. The van der Waals surface area contributed by atoms with Crippen molar-refractivity contribution < 1.29 is 13.9 Å². The molecule has 0 fully saturated rings. The Morgan fingerprint density at radius 3 is 2.85 bits per heavy atom. The van der Waals surface area contributed by atoms with Crippen LogP contribution < -0.4 is 5.32 Å². The summed E-state index contributed by atoms with van der Waals surface area (Å²) in [6.45, 7) is 0. The van der Waals surface area contributed by atoms with Gasteiger partial charge in [0.15, 0.2) is 11.2 Å². The summed E-state index contributed by atoms with van der Waals surface area (Å²) in [5.41, 5.74) is 2.39. The van der Waals surface area contributed by atoms with Crippen molar-refractivity contribution >= 4 is 28.8 Å². The van der Waals surface area contributed by atoms with Crippen molar-refractivity contribution in [2.75, 3.05) is 12.4 Å². The molecule has 0 atom stereocenters. The number of carbonyl (C=O) groups is 1. The summed E-state index contributed by atoms with van der Waals surface area (Å²) in [7, 11) is 1.32. The topological polar surface area (TPSA) is 94.8 Å². The van der Waals surface area contributed by atoms with E-state index in [2.05, 4.69) is 25.6 Å². The number of aromatic nitrogens is 5. The number of methoxy groups -OCH3 is 1. The number of halogens is 1. The Morgan fingerprint density at radius 1 is 1.19 bits per heavy atom. The van der Waals surface area contributed by atoms with Crippen molar-refractivity contribution in [2.24, 2.45) is 0 Å². The van der Waals surface area contributed by atoms with Crippen LogP contribution in [0, 0.1) is 5.82 Å². The summed E-state index contributed by atoms with van der Waals surface area (Å²) < 4.78 is 19.7. The van der Waals surface area contributed by atoms with Crippen LogP contribution in [0.1, 0.15) is 10.4 Å². The summed E-state index contributed by atoms with van der Waals surface area (Å²) in [5, 5.41) is 11.0. The first-order valence-electron chi connectivity index (χ1n) is 7.94. The van der Waals surface area contributed by atoms with E-state index in [1.807, 2.05) is 0 Å². The summed E-state index contributed by atoms with van der Waals surface area (Å²) in [6.07, 6.45) is 1.51. The van der Waals surface area contributed by atoms with Crippen molar-refractivity contribution in [1.29, 1.82) is 0 Å². The van der Waals surface area contributed by atoms with Crippen molar-refractivity contribution in [3.63, 3.8) is 0 Å². The molecule has 2 aromatic carbocycles. The molecule has 8 nitrogen and oxygen atoms in total. The van der Waals surface area contributed by atoms with Crippen LogP contribution in [-0.4, -0.2) is 38.0 Å². The van der Waals surface area contributed by atoms with E-state index >= 15 is 0 Å². The number of benzene rings is 2. The molecule has 0 saturated carbocycles. The summed E-state index contributed by atoms with van der Waals surface area (Å²) in [5.74, 6) is -0.545. The first-order valence-corrected chi connectivity index (χ1v) is 7.94. The van der Waals surface area contributed by atoms with E-state index in [-0.39, 0.29) is 11.8 Å². The maximum atomic E-state index is 13.5. The Balaban J connectivity index is 1.70. The highest BCUT2D eigenvalue weighted by Crippen LogP contribution is 2.19.